The highest BCUT2D eigenvalue weighted by Crippen LogP contribution is 2.43. The van der Waals surface area contributed by atoms with Crippen molar-refractivity contribution in [2.24, 2.45) is 5.73 Å². The van der Waals surface area contributed by atoms with Gasteiger partial charge in [0.1, 0.15) is 6.07 Å². The molecule has 128 valence electrons. The highest BCUT2D eigenvalue weighted by atomic mass is 35.5. The molecule has 1 aliphatic heterocycles. The minimum absolute atomic E-state index is 0.107. The number of hydrogen-bond acceptors (Lipinski definition) is 4. The van der Waals surface area contributed by atoms with Gasteiger partial charge in [-0.15, -0.1) is 5.10 Å². The van der Waals surface area contributed by atoms with Gasteiger partial charge < -0.3 is 10.5 Å². The van der Waals surface area contributed by atoms with Gasteiger partial charge in [-0.25, -0.2) is 0 Å². The summed E-state index contributed by atoms with van der Waals surface area (Å²) in [5, 5.41) is 17.6. The molecule has 0 unspecified atom stereocenters. The van der Waals surface area contributed by atoms with E-state index in [4.69, 9.17) is 22.1 Å². The number of benzene rings is 2. The number of rotatable bonds is 3. The van der Waals surface area contributed by atoms with E-state index >= 15 is 0 Å². The third kappa shape index (κ3) is 2.81. The van der Waals surface area contributed by atoms with Crippen molar-refractivity contribution in [1.29, 1.82) is 5.26 Å². The molecule has 2 heterocycles. The topological polar surface area (TPSA) is 87.7 Å². The molecule has 3 N–H and O–H groups in total. The second-order valence-corrected chi connectivity index (χ2v) is 6.49. The number of halogens is 1. The Bertz CT molecular complexity index is 1020. The lowest BCUT2D eigenvalue weighted by atomic mass is 9.84. The van der Waals surface area contributed by atoms with Crippen LogP contribution in [0, 0.1) is 11.3 Å². The lowest BCUT2D eigenvalue weighted by molar-refractivity contribution is 0.374. The summed E-state index contributed by atoms with van der Waals surface area (Å²) < 4.78 is 5.60. The van der Waals surface area contributed by atoms with Crippen LogP contribution in [0.15, 0.2) is 66.1 Å². The molecule has 0 saturated heterocycles. The molecule has 5 nitrogen and oxygen atoms in total. The number of nitrogens with zero attached hydrogens (tertiary/aromatic N) is 2. The van der Waals surface area contributed by atoms with E-state index in [0.717, 1.165) is 22.4 Å². The van der Waals surface area contributed by atoms with E-state index < -0.39 is 0 Å². The van der Waals surface area contributed by atoms with Gasteiger partial charge in [0.15, 0.2) is 0 Å². The van der Waals surface area contributed by atoms with Crippen molar-refractivity contribution in [3.05, 3.63) is 82.2 Å². The largest absolute Gasteiger partial charge is 0.420 e. The molecule has 1 aromatic heterocycles. The molecule has 1 atom stereocenters. The molecule has 1 aliphatic rings. The Morgan fingerprint density at radius 1 is 1.15 bits per heavy atom. The van der Waals surface area contributed by atoms with Gasteiger partial charge in [0.05, 0.1) is 16.8 Å². The molecule has 26 heavy (non-hydrogen) atoms. The smallest absolute Gasteiger partial charge is 0.244 e. The lowest BCUT2D eigenvalue weighted by Crippen LogP contribution is -2.21. The van der Waals surface area contributed by atoms with Crippen LogP contribution in [0.25, 0.3) is 11.3 Å². The predicted molar refractivity (Wildman–Crippen MR) is 99.4 cm³/mol. The zero-order valence-electron chi connectivity index (χ0n) is 13.7. The van der Waals surface area contributed by atoms with Crippen LogP contribution < -0.4 is 10.5 Å². The van der Waals surface area contributed by atoms with E-state index in [1.54, 1.807) is 0 Å². The maximum atomic E-state index is 9.65. The van der Waals surface area contributed by atoms with Gasteiger partial charge >= 0.3 is 0 Å². The van der Waals surface area contributed by atoms with Gasteiger partial charge in [0.25, 0.3) is 0 Å². The summed E-state index contributed by atoms with van der Waals surface area (Å²) in [4.78, 5) is 0. The molecular formula is C20H15ClN4O. The summed E-state index contributed by atoms with van der Waals surface area (Å²) in [6.45, 7) is 0. The molecule has 2 aromatic carbocycles. The fourth-order valence-corrected chi connectivity index (χ4v) is 3.36. The zero-order chi connectivity index (χ0) is 18.1. The van der Waals surface area contributed by atoms with E-state index in [0.29, 0.717) is 22.9 Å². The first-order valence-electron chi connectivity index (χ1n) is 8.13. The van der Waals surface area contributed by atoms with Crippen molar-refractivity contribution in [2.45, 2.75) is 12.3 Å². The average Bonchev–Trinajstić information content (AvgIpc) is 3.07. The Kier molecular flexibility index (Phi) is 4.11. The summed E-state index contributed by atoms with van der Waals surface area (Å²) >= 11 is 6.00. The van der Waals surface area contributed by atoms with Crippen molar-refractivity contribution >= 4 is 11.6 Å². The van der Waals surface area contributed by atoms with Crippen molar-refractivity contribution < 1.29 is 4.74 Å². The third-order valence-corrected chi connectivity index (χ3v) is 4.73. The van der Waals surface area contributed by atoms with Crippen molar-refractivity contribution in [3.63, 3.8) is 0 Å². The van der Waals surface area contributed by atoms with Crippen molar-refractivity contribution in [2.75, 3.05) is 0 Å². The fraction of sp³-hybridized carbons (Fsp3) is 0.100. The molecule has 0 amide bonds. The number of ether oxygens (including phenoxy) is 1. The summed E-state index contributed by atoms with van der Waals surface area (Å²) in [6.07, 6.45) is 0.626. The van der Waals surface area contributed by atoms with E-state index in [2.05, 4.69) is 16.3 Å². The highest BCUT2D eigenvalue weighted by Gasteiger charge is 2.34. The molecule has 6 heteroatoms. The van der Waals surface area contributed by atoms with E-state index in [1.165, 1.54) is 0 Å². The summed E-state index contributed by atoms with van der Waals surface area (Å²) in [5.41, 5.74) is 10.1. The number of H-pyrrole nitrogens is 1. The number of aromatic amines is 1. The molecule has 4 rings (SSSR count). The van der Waals surface area contributed by atoms with Crippen molar-refractivity contribution in [1.82, 2.24) is 10.2 Å². The summed E-state index contributed by atoms with van der Waals surface area (Å²) in [5.74, 6) is 0.276. The zero-order valence-corrected chi connectivity index (χ0v) is 14.5. The van der Waals surface area contributed by atoms with Gasteiger partial charge in [0.2, 0.25) is 11.8 Å². The van der Waals surface area contributed by atoms with Gasteiger partial charge in [-0.3, -0.25) is 5.10 Å². The number of fused-ring (bicyclic) bond motifs is 1. The van der Waals surface area contributed by atoms with E-state index in [1.807, 2.05) is 54.6 Å². The lowest BCUT2D eigenvalue weighted by Gasteiger charge is -2.23. The number of nitrogens with two attached hydrogens (primary N) is 1. The molecule has 0 saturated carbocycles. The first-order chi connectivity index (χ1) is 12.7. The minimum Gasteiger partial charge on any atom is -0.420 e. The number of nitriles is 1. The Labute approximate surface area is 155 Å². The molecule has 0 bridgehead atoms. The van der Waals surface area contributed by atoms with Gasteiger partial charge in [-0.05, 0) is 24.1 Å². The molecule has 0 aliphatic carbocycles. The van der Waals surface area contributed by atoms with Crippen LogP contribution >= 0.6 is 11.6 Å². The normalized spacial score (nSPS) is 15.9. The Morgan fingerprint density at radius 3 is 2.58 bits per heavy atom. The average molecular weight is 363 g/mol. The standard InChI is InChI=1S/C20H15ClN4O/c21-14-8-6-13(7-9-14)18-17-15(10-12-4-2-1-3-5-12)16(11-22)19(23)26-20(17)25-24-18/h1-9,15H,10,23H2,(H,24,25)/t15-/m1/s1. The molecule has 0 radical (unpaired) electrons. The second kappa shape index (κ2) is 6.58. The number of hydrogen-bond donors (Lipinski definition) is 2. The highest BCUT2D eigenvalue weighted by molar-refractivity contribution is 6.30. The first kappa shape index (κ1) is 16.2. The van der Waals surface area contributed by atoms with Crippen LogP contribution in [0.1, 0.15) is 17.0 Å². The Morgan fingerprint density at radius 2 is 1.88 bits per heavy atom. The Balaban J connectivity index is 1.84. The number of aromatic nitrogens is 2. The fourth-order valence-electron chi connectivity index (χ4n) is 3.23. The van der Waals surface area contributed by atoms with Gasteiger partial charge in [0, 0.05) is 16.5 Å². The van der Waals surface area contributed by atoms with Crippen LogP contribution in [0.3, 0.4) is 0 Å². The van der Waals surface area contributed by atoms with Crippen LogP contribution in [0.5, 0.6) is 5.88 Å². The third-order valence-electron chi connectivity index (χ3n) is 4.47. The summed E-state index contributed by atoms with van der Waals surface area (Å²) in [7, 11) is 0. The monoisotopic (exact) mass is 362 g/mol. The number of nitrogens with one attached hydrogen (secondary N) is 1. The summed E-state index contributed by atoms with van der Waals surface area (Å²) in [6, 6.07) is 19.6. The molecular weight excluding hydrogens is 348 g/mol. The van der Waals surface area contributed by atoms with Crippen molar-refractivity contribution in [3.8, 4) is 23.2 Å². The van der Waals surface area contributed by atoms with E-state index in [9.17, 15) is 5.26 Å². The molecule has 3 aromatic rings. The quantitative estimate of drug-likeness (QED) is 0.732. The Hall–Kier alpha value is -3.23. The van der Waals surface area contributed by atoms with Crippen LogP contribution in [0.2, 0.25) is 5.02 Å². The van der Waals surface area contributed by atoms with Crippen LogP contribution in [0.4, 0.5) is 0 Å². The van der Waals surface area contributed by atoms with E-state index in [-0.39, 0.29) is 11.8 Å². The van der Waals surface area contributed by atoms with Crippen LogP contribution in [-0.4, -0.2) is 10.2 Å². The van der Waals surface area contributed by atoms with Gasteiger partial charge in [-0.2, -0.15) is 5.26 Å². The van der Waals surface area contributed by atoms with Gasteiger partial charge in [-0.1, -0.05) is 54.1 Å². The maximum absolute atomic E-state index is 9.65. The predicted octanol–water partition coefficient (Wildman–Crippen LogP) is 4.14. The molecule has 0 spiro atoms. The molecule has 0 fully saturated rings. The first-order valence-corrected chi connectivity index (χ1v) is 8.51. The van der Waals surface area contributed by atoms with Crippen LogP contribution in [-0.2, 0) is 6.42 Å². The maximum Gasteiger partial charge on any atom is 0.244 e. The second-order valence-electron chi connectivity index (χ2n) is 6.06. The minimum atomic E-state index is -0.240. The number of allylic oxidation sites excluding steroid dienone is 1. The SMILES string of the molecule is N#CC1=C(N)Oc2n[nH]c(-c3ccc(Cl)cc3)c2[C@@H]1Cc1ccccc1.